The van der Waals surface area contributed by atoms with Gasteiger partial charge in [0.25, 0.3) is 0 Å². The highest BCUT2D eigenvalue weighted by atomic mass is 35.5. The van der Waals surface area contributed by atoms with Gasteiger partial charge in [-0.05, 0) is 59.7 Å². The van der Waals surface area contributed by atoms with Crippen molar-refractivity contribution in [2.45, 2.75) is 0 Å². The number of hydrogen-bond acceptors (Lipinski definition) is 1. The molecule has 0 unspecified atom stereocenters. The van der Waals surface area contributed by atoms with E-state index in [0.717, 1.165) is 21.2 Å². The molecule has 3 aromatic rings. The van der Waals surface area contributed by atoms with Crippen LogP contribution < -0.4 is 0 Å². The molecule has 3 heteroatoms. The van der Waals surface area contributed by atoms with Gasteiger partial charge in [0.1, 0.15) is 0 Å². The van der Waals surface area contributed by atoms with Gasteiger partial charge in [-0.15, -0.1) is 11.3 Å². The highest BCUT2D eigenvalue weighted by molar-refractivity contribution is 7.13. The fourth-order valence-corrected chi connectivity index (χ4v) is 3.12. The zero-order valence-corrected chi connectivity index (χ0v) is 14.6. The quantitative estimate of drug-likeness (QED) is 0.456. The van der Waals surface area contributed by atoms with Gasteiger partial charge in [-0.3, -0.25) is 0 Å². The molecule has 0 saturated heterocycles. The minimum Gasteiger partial charge on any atom is -0.137 e. The van der Waals surface area contributed by atoms with E-state index in [9.17, 15) is 0 Å². The lowest BCUT2D eigenvalue weighted by molar-refractivity contribution is 1.66. The molecule has 0 bridgehead atoms. The molecule has 23 heavy (non-hydrogen) atoms. The van der Waals surface area contributed by atoms with E-state index in [4.69, 9.17) is 23.2 Å². The smallest absolute Gasteiger partial charge is 0.0406 e. The van der Waals surface area contributed by atoms with E-state index < -0.39 is 0 Å². The summed E-state index contributed by atoms with van der Waals surface area (Å²) in [4.78, 5) is 2.44. The van der Waals surface area contributed by atoms with Crippen molar-refractivity contribution in [3.8, 4) is 0 Å². The van der Waals surface area contributed by atoms with Gasteiger partial charge in [0, 0.05) is 19.8 Å². The molecule has 0 atom stereocenters. The first-order chi connectivity index (χ1) is 11.2. The zero-order valence-electron chi connectivity index (χ0n) is 12.2. The lowest BCUT2D eigenvalue weighted by Gasteiger charge is -1.93. The average molecular weight is 357 g/mol. The van der Waals surface area contributed by atoms with E-state index >= 15 is 0 Å². The normalized spacial score (nSPS) is 11.6. The second-order valence-corrected chi connectivity index (χ2v) is 7.03. The summed E-state index contributed by atoms with van der Waals surface area (Å²) < 4.78 is 0. The van der Waals surface area contributed by atoms with Crippen LogP contribution in [0.4, 0.5) is 0 Å². The Hall–Kier alpha value is -1.80. The summed E-state index contributed by atoms with van der Waals surface area (Å²) in [6, 6.07) is 19.9. The SMILES string of the molecule is Clc1ccc(/C=C/c2ccc(/C=C/c3ccc(Cl)cc3)s2)cc1. The third-order valence-electron chi connectivity index (χ3n) is 3.27. The minimum atomic E-state index is 0.757. The molecule has 1 aromatic heterocycles. The molecule has 1 heterocycles. The number of halogens is 2. The Morgan fingerprint density at radius 2 is 0.913 bits per heavy atom. The van der Waals surface area contributed by atoms with Crippen LogP contribution in [0.2, 0.25) is 10.0 Å². The van der Waals surface area contributed by atoms with E-state index in [-0.39, 0.29) is 0 Å². The second kappa shape index (κ2) is 7.65. The van der Waals surface area contributed by atoms with Crippen LogP contribution in [0.5, 0.6) is 0 Å². The fourth-order valence-electron chi connectivity index (χ4n) is 2.05. The van der Waals surface area contributed by atoms with Crippen LogP contribution in [0.1, 0.15) is 20.9 Å². The summed E-state index contributed by atoms with van der Waals surface area (Å²) in [7, 11) is 0. The summed E-state index contributed by atoms with van der Waals surface area (Å²) in [5.74, 6) is 0. The summed E-state index contributed by atoms with van der Waals surface area (Å²) in [5.41, 5.74) is 2.28. The van der Waals surface area contributed by atoms with E-state index in [0.29, 0.717) is 0 Å². The predicted octanol–water partition coefficient (Wildman–Crippen LogP) is 7.40. The molecule has 2 aromatic carbocycles. The van der Waals surface area contributed by atoms with Gasteiger partial charge in [0.15, 0.2) is 0 Å². The van der Waals surface area contributed by atoms with Crippen molar-refractivity contribution in [3.05, 3.63) is 91.6 Å². The molecule has 0 aliphatic carbocycles. The molecule has 0 nitrogen and oxygen atoms in total. The summed E-state index contributed by atoms with van der Waals surface area (Å²) in [6.45, 7) is 0. The largest absolute Gasteiger partial charge is 0.137 e. The zero-order chi connectivity index (χ0) is 16.1. The molecule has 0 saturated carbocycles. The monoisotopic (exact) mass is 356 g/mol. The van der Waals surface area contributed by atoms with Crippen LogP contribution >= 0.6 is 34.5 Å². The van der Waals surface area contributed by atoms with Crippen molar-refractivity contribution in [2.75, 3.05) is 0 Å². The van der Waals surface area contributed by atoms with Gasteiger partial charge in [-0.2, -0.15) is 0 Å². The van der Waals surface area contributed by atoms with Crippen molar-refractivity contribution in [2.24, 2.45) is 0 Å². The molecule has 114 valence electrons. The minimum absolute atomic E-state index is 0.757. The Labute approximate surface area is 150 Å². The Morgan fingerprint density at radius 3 is 1.30 bits per heavy atom. The maximum absolute atomic E-state index is 5.89. The second-order valence-electron chi connectivity index (χ2n) is 5.01. The predicted molar refractivity (Wildman–Crippen MR) is 105 cm³/mol. The van der Waals surface area contributed by atoms with Crippen LogP contribution in [-0.4, -0.2) is 0 Å². The fraction of sp³-hybridized carbons (Fsp3) is 0. The van der Waals surface area contributed by atoms with Gasteiger partial charge in [-0.25, -0.2) is 0 Å². The highest BCUT2D eigenvalue weighted by Crippen LogP contribution is 2.22. The number of benzene rings is 2. The molecular formula is C20H14Cl2S. The van der Waals surface area contributed by atoms with Crippen LogP contribution in [0.25, 0.3) is 24.3 Å². The molecule has 3 rings (SSSR count). The number of rotatable bonds is 4. The van der Waals surface area contributed by atoms with Gasteiger partial charge >= 0.3 is 0 Å². The van der Waals surface area contributed by atoms with Crippen molar-refractivity contribution < 1.29 is 0 Å². The highest BCUT2D eigenvalue weighted by Gasteiger charge is 1.95. The van der Waals surface area contributed by atoms with Gasteiger partial charge < -0.3 is 0 Å². The van der Waals surface area contributed by atoms with Crippen LogP contribution in [0.15, 0.2) is 60.7 Å². The standard InChI is InChI=1S/C20H14Cl2S/c21-17-7-1-15(2-8-17)5-11-19-13-14-20(23-19)12-6-16-3-9-18(22)10-4-16/h1-14H/b11-5+,12-6+. The topological polar surface area (TPSA) is 0 Å². The number of thiophene rings is 1. The molecule has 0 radical (unpaired) electrons. The van der Waals surface area contributed by atoms with Crippen LogP contribution in [0, 0.1) is 0 Å². The molecule has 0 N–H and O–H groups in total. The molecule has 0 spiro atoms. The number of hydrogen-bond donors (Lipinski definition) is 0. The van der Waals surface area contributed by atoms with Crippen molar-refractivity contribution in [3.63, 3.8) is 0 Å². The summed E-state index contributed by atoms with van der Waals surface area (Å²) >= 11 is 13.5. The van der Waals surface area contributed by atoms with E-state index in [2.05, 4.69) is 36.4 Å². The average Bonchev–Trinajstić information content (AvgIpc) is 3.02. The maximum atomic E-state index is 5.89. The Kier molecular flexibility index (Phi) is 5.35. The Bertz CT molecular complexity index is 755. The lowest BCUT2D eigenvalue weighted by Crippen LogP contribution is -1.69. The molecule has 0 fully saturated rings. The first-order valence-corrected chi connectivity index (χ1v) is 8.73. The van der Waals surface area contributed by atoms with Crippen molar-refractivity contribution >= 4 is 58.8 Å². The first-order valence-electron chi connectivity index (χ1n) is 7.16. The third-order valence-corrected chi connectivity index (χ3v) is 4.79. The summed E-state index contributed by atoms with van der Waals surface area (Å²) in [6.07, 6.45) is 8.42. The van der Waals surface area contributed by atoms with Crippen LogP contribution in [0.3, 0.4) is 0 Å². The first kappa shape index (κ1) is 16.1. The Balaban J connectivity index is 1.68. The van der Waals surface area contributed by atoms with Crippen LogP contribution in [-0.2, 0) is 0 Å². The summed E-state index contributed by atoms with van der Waals surface area (Å²) in [5, 5.41) is 1.51. The third kappa shape index (κ3) is 4.84. The lowest BCUT2D eigenvalue weighted by atomic mass is 10.2. The molecule has 0 aliphatic rings. The van der Waals surface area contributed by atoms with E-state index in [1.165, 1.54) is 9.75 Å². The van der Waals surface area contributed by atoms with Gasteiger partial charge in [-0.1, -0.05) is 59.6 Å². The molecule has 0 aliphatic heterocycles. The van der Waals surface area contributed by atoms with Gasteiger partial charge in [0.05, 0.1) is 0 Å². The van der Waals surface area contributed by atoms with Crippen molar-refractivity contribution in [1.29, 1.82) is 0 Å². The van der Waals surface area contributed by atoms with Crippen molar-refractivity contribution in [1.82, 2.24) is 0 Å². The van der Waals surface area contributed by atoms with E-state index in [1.807, 2.05) is 48.5 Å². The maximum Gasteiger partial charge on any atom is 0.0406 e. The molecule has 0 amide bonds. The Morgan fingerprint density at radius 1 is 0.522 bits per heavy atom. The van der Waals surface area contributed by atoms with Gasteiger partial charge in [0.2, 0.25) is 0 Å². The van der Waals surface area contributed by atoms with E-state index in [1.54, 1.807) is 11.3 Å². The molecular weight excluding hydrogens is 343 g/mol.